The molecule has 4 heteroatoms. The Morgan fingerprint density at radius 3 is 2.75 bits per heavy atom. The number of hydrogen-bond acceptors (Lipinski definition) is 4. The van der Waals surface area contributed by atoms with Crippen LogP contribution in [0.4, 0.5) is 0 Å². The molecule has 0 fully saturated rings. The standard InChI is InChI=1S/C16H22N2O2/c1-5-18-16(15-6-7-19-12(15)4)13-8-14(10-17-9-13)20-11(2)3/h6-11,16,18H,5H2,1-4H3. The summed E-state index contributed by atoms with van der Waals surface area (Å²) in [5.41, 5.74) is 2.21. The minimum absolute atomic E-state index is 0.0713. The van der Waals surface area contributed by atoms with E-state index in [1.165, 1.54) is 0 Å². The second-order valence-corrected chi connectivity index (χ2v) is 5.04. The van der Waals surface area contributed by atoms with Gasteiger partial charge in [-0.25, -0.2) is 0 Å². The molecule has 1 atom stereocenters. The number of rotatable bonds is 6. The van der Waals surface area contributed by atoms with Crippen molar-refractivity contribution in [2.75, 3.05) is 6.54 Å². The summed E-state index contributed by atoms with van der Waals surface area (Å²) in [5, 5.41) is 3.47. The number of aromatic nitrogens is 1. The molecule has 0 amide bonds. The molecule has 0 radical (unpaired) electrons. The summed E-state index contributed by atoms with van der Waals surface area (Å²) < 4.78 is 11.1. The lowest BCUT2D eigenvalue weighted by atomic mass is 10.0. The molecule has 1 unspecified atom stereocenters. The van der Waals surface area contributed by atoms with Gasteiger partial charge in [0.05, 0.1) is 24.6 Å². The van der Waals surface area contributed by atoms with Crippen molar-refractivity contribution in [3.8, 4) is 5.75 Å². The number of hydrogen-bond donors (Lipinski definition) is 1. The molecule has 0 saturated heterocycles. The van der Waals surface area contributed by atoms with Crippen LogP contribution in [0.15, 0.2) is 35.2 Å². The Morgan fingerprint density at radius 1 is 1.35 bits per heavy atom. The molecule has 0 aliphatic heterocycles. The molecular weight excluding hydrogens is 252 g/mol. The van der Waals surface area contributed by atoms with Crippen molar-refractivity contribution in [1.29, 1.82) is 0 Å². The third kappa shape index (κ3) is 3.39. The fourth-order valence-electron chi connectivity index (χ4n) is 2.24. The molecule has 108 valence electrons. The highest BCUT2D eigenvalue weighted by molar-refractivity contribution is 5.35. The van der Waals surface area contributed by atoms with Gasteiger partial charge in [0, 0.05) is 11.8 Å². The van der Waals surface area contributed by atoms with Crippen molar-refractivity contribution in [2.45, 2.75) is 39.8 Å². The molecule has 2 rings (SSSR count). The number of ether oxygens (including phenoxy) is 1. The van der Waals surface area contributed by atoms with Gasteiger partial charge in [0.25, 0.3) is 0 Å². The smallest absolute Gasteiger partial charge is 0.138 e. The average Bonchev–Trinajstić information content (AvgIpc) is 2.81. The summed E-state index contributed by atoms with van der Waals surface area (Å²) in [6.07, 6.45) is 5.47. The van der Waals surface area contributed by atoms with Crippen LogP contribution in [0, 0.1) is 6.92 Å². The van der Waals surface area contributed by atoms with E-state index in [4.69, 9.17) is 9.15 Å². The Bertz CT molecular complexity index is 549. The van der Waals surface area contributed by atoms with Gasteiger partial charge in [0.1, 0.15) is 11.5 Å². The van der Waals surface area contributed by atoms with Crippen LogP contribution in [0.2, 0.25) is 0 Å². The molecule has 0 saturated carbocycles. The maximum Gasteiger partial charge on any atom is 0.138 e. The third-order valence-electron chi connectivity index (χ3n) is 3.06. The largest absolute Gasteiger partial charge is 0.489 e. The summed E-state index contributed by atoms with van der Waals surface area (Å²) in [5.74, 6) is 1.72. The topological polar surface area (TPSA) is 47.3 Å². The molecule has 2 aromatic rings. The SMILES string of the molecule is CCNC(c1cncc(OC(C)C)c1)c1ccoc1C. The average molecular weight is 274 g/mol. The van der Waals surface area contributed by atoms with Crippen molar-refractivity contribution in [3.63, 3.8) is 0 Å². The van der Waals surface area contributed by atoms with E-state index in [1.807, 2.05) is 39.1 Å². The molecule has 2 heterocycles. The predicted octanol–water partition coefficient (Wildman–Crippen LogP) is 3.47. The van der Waals surface area contributed by atoms with Gasteiger partial charge in [0.15, 0.2) is 0 Å². The van der Waals surface area contributed by atoms with E-state index in [9.17, 15) is 0 Å². The molecule has 1 N–H and O–H groups in total. The zero-order valence-electron chi connectivity index (χ0n) is 12.5. The summed E-state index contributed by atoms with van der Waals surface area (Å²) in [4.78, 5) is 4.28. The van der Waals surface area contributed by atoms with E-state index in [1.54, 1.807) is 12.5 Å². The van der Waals surface area contributed by atoms with Crippen LogP contribution in [0.25, 0.3) is 0 Å². The first-order valence-corrected chi connectivity index (χ1v) is 7.00. The lowest BCUT2D eigenvalue weighted by Gasteiger charge is -2.19. The van der Waals surface area contributed by atoms with Gasteiger partial charge in [-0.2, -0.15) is 0 Å². The maximum atomic E-state index is 5.72. The van der Waals surface area contributed by atoms with Crippen LogP contribution in [-0.4, -0.2) is 17.6 Å². The van der Waals surface area contributed by atoms with E-state index < -0.39 is 0 Å². The quantitative estimate of drug-likeness (QED) is 0.876. The Morgan fingerprint density at radius 2 is 2.15 bits per heavy atom. The first-order valence-electron chi connectivity index (χ1n) is 7.00. The van der Waals surface area contributed by atoms with Gasteiger partial charge >= 0.3 is 0 Å². The van der Waals surface area contributed by atoms with Crippen molar-refractivity contribution < 1.29 is 9.15 Å². The highest BCUT2D eigenvalue weighted by atomic mass is 16.5. The minimum Gasteiger partial charge on any atom is -0.489 e. The molecule has 0 aliphatic rings. The lowest BCUT2D eigenvalue weighted by molar-refractivity contribution is 0.241. The van der Waals surface area contributed by atoms with Crippen LogP contribution < -0.4 is 10.1 Å². The van der Waals surface area contributed by atoms with Crippen molar-refractivity contribution >= 4 is 0 Å². The summed E-state index contributed by atoms with van der Waals surface area (Å²) in [6, 6.07) is 4.10. The predicted molar refractivity (Wildman–Crippen MR) is 79.0 cm³/mol. The van der Waals surface area contributed by atoms with Gasteiger partial charge in [-0.1, -0.05) is 6.92 Å². The van der Waals surface area contributed by atoms with Crippen LogP contribution in [0.5, 0.6) is 5.75 Å². The molecule has 0 aromatic carbocycles. The molecule has 0 aliphatic carbocycles. The first kappa shape index (κ1) is 14.6. The minimum atomic E-state index is 0.0713. The molecular formula is C16H22N2O2. The summed E-state index contributed by atoms with van der Waals surface area (Å²) >= 11 is 0. The van der Waals surface area contributed by atoms with Gasteiger partial charge in [-0.15, -0.1) is 0 Å². The Balaban J connectivity index is 2.32. The normalized spacial score (nSPS) is 12.7. The van der Waals surface area contributed by atoms with E-state index in [0.29, 0.717) is 0 Å². The molecule has 2 aromatic heterocycles. The molecule has 0 spiro atoms. The van der Waals surface area contributed by atoms with E-state index in [2.05, 4.69) is 17.2 Å². The van der Waals surface area contributed by atoms with Crippen LogP contribution in [-0.2, 0) is 0 Å². The van der Waals surface area contributed by atoms with Gasteiger partial charge < -0.3 is 14.5 Å². The third-order valence-corrected chi connectivity index (χ3v) is 3.06. The highest BCUT2D eigenvalue weighted by Gasteiger charge is 2.18. The number of nitrogens with zero attached hydrogens (tertiary/aromatic N) is 1. The van der Waals surface area contributed by atoms with Crippen molar-refractivity contribution in [3.05, 3.63) is 47.7 Å². The monoisotopic (exact) mass is 274 g/mol. The Hall–Kier alpha value is -1.81. The van der Waals surface area contributed by atoms with Gasteiger partial charge in [-0.3, -0.25) is 4.98 Å². The van der Waals surface area contributed by atoms with E-state index in [0.717, 1.165) is 29.2 Å². The second kappa shape index (κ2) is 6.57. The van der Waals surface area contributed by atoms with Crippen LogP contribution >= 0.6 is 0 Å². The second-order valence-electron chi connectivity index (χ2n) is 5.04. The van der Waals surface area contributed by atoms with Gasteiger partial charge in [0.2, 0.25) is 0 Å². The van der Waals surface area contributed by atoms with Crippen molar-refractivity contribution in [1.82, 2.24) is 10.3 Å². The number of pyridine rings is 1. The Labute approximate surface area is 120 Å². The fraction of sp³-hybridized carbons (Fsp3) is 0.438. The zero-order valence-corrected chi connectivity index (χ0v) is 12.5. The highest BCUT2D eigenvalue weighted by Crippen LogP contribution is 2.27. The molecule has 0 bridgehead atoms. The summed E-state index contributed by atoms with van der Waals surface area (Å²) in [7, 11) is 0. The van der Waals surface area contributed by atoms with Gasteiger partial charge in [-0.05, 0) is 45.0 Å². The molecule has 20 heavy (non-hydrogen) atoms. The van der Waals surface area contributed by atoms with Crippen LogP contribution in [0.3, 0.4) is 0 Å². The number of furan rings is 1. The number of nitrogens with one attached hydrogen (secondary N) is 1. The van der Waals surface area contributed by atoms with E-state index >= 15 is 0 Å². The Kier molecular flexibility index (Phi) is 4.79. The number of aryl methyl sites for hydroxylation is 1. The van der Waals surface area contributed by atoms with E-state index in [-0.39, 0.29) is 12.1 Å². The van der Waals surface area contributed by atoms with Crippen LogP contribution in [0.1, 0.15) is 43.7 Å². The van der Waals surface area contributed by atoms with Crippen molar-refractivity contribution in [2.24, 2.45) is 0 Å². The first-order chi connectivity index (χ1) is 9.61. The summed E-state index contributed by atoms with van der Waals surface area (Å²) in [6.45, 7) is 8.94. The molecule has 4 nitrogen and oxygen atoms in total. The lowest BCUT2D eigenvalue weighted by Crippen LogP contribution is -2.22. The fourth-order valence-corrected chi connectivity index (χ4v) is 2.24. The maximum absolute atomic E-state index is 5.72. The zero-order chi connectivity index (χ0) is 14.5.